The number of aromatic nitrogens is 4. The van der Waals surface area contributed by atoms with Crippen molar-refractivity contribution in [3.05, 3.63) is 95.6 Å². The number of methoxy groups -OCH3 is 1. The fraction of sp³-hybridized carbons (Fsp3) is 0.361. The van der Waals surface area contributed by atoms with Crippen LogP contribution in [0.3, 0.4) is 0 Å². The number of hydrogen-bond acceptors (Lipinski definition) is 8. The molecule has 0 unspecified atom stereocenters. The Bertz CT molecular complexity index is 1720. The van der Waals surface area contributed by atoms with Gasteiger partial charge in [0.2, 0.25) is 0 Å². The van der Waals surface area contributed by atoms with Gasteiger partial charge in [0.15, 0.2) is 17.4 Å². The molecule has 0 spiro atoms. The summed E-state index contributed by atoms with van der Waals surface area (Å²) < 4.78 is 36.7. The minimum absolute atomic E-state index is 0.0383. The van der Waals surface area contributed by atoms with Crippen molar-refractivity contribution in [2.45, 2.75) is 79.2 Å². The number of aryl methyl sites for hydroxylation is 1. The van der Waals surface area contributed by atoms with Crippen LogP contribution in [0.25, 0.3) is 11.3 Å². The maximum atomic E-state index is 15.8. The maximum absolute atomic E-state index is 15.8. The van der Waals surface area contributed by atoms with Crippen LogP contribution in [0.2, 0.25) is 0 Å². The van der Waals surface area contributed by atoms with Crippen LogP contribution >= 0.6 is 0 Å². The van der Waals surface area contributed by atoms with Gasteiger partial charge in [-0.25, -0.2) is 18.7 Å². The Hall–Kier alpha value is -4.91. The molecular formula is C36H41F2N7O. The van der Waals surface area contributed by atoms with E-state index in [4.69, 9.17) is 9.72 Å². The maximum Gasteiger partial charge on any atom is 0.191 e. The Morgan fingerprint density at radius 2 is 1.78 bits per heavy atom. The van der Waals surface area contributed by atoms with E-state index in [9.17, 15) is 5.26 Å². The minimum atomic E-state index is -0.786. The van der Waals surface area contributed by atoms with Gasteiger partial charge in [-0.2, -0.15) is 5.26 Å². The number of allylic oxidation sites excluding steroid dienone is 1. The standard InChI is InChI=1S/C32H29F2N7O.2C2H6/c1-4-6-28-40(31-29(33)20(2)13-25(42-3)30(31)34)17-22-16-37-23(14-24(22)41(28)27-9-12-36-19-39-27)21-7-8-26(38-15-21)32(18-35)10-5-11-32;2*1-2/h6-9,12-16,19H,4-5,10-11,17H2,1-3H3;2*1-2H3/b28-6+;;. The summed E-state index contributed by atoms with van der Waals surface area (Å²) >= 11 is 0. The van der Waals surface area contributed by atoms with Crippen molar-refractivity contribution in [1.82, 2.24) is 19.9 Å². The average Bonchev–Trinajstić information content (AvgIpc) is 3.09. The highest BCUT2D eigenvalue weighted by Crippen LogP contribution is 2.45. The number of pyridine rings is 2. The summed E-state index contributed by atoms with van der Waals surface area (Å²) in [7, 11) is 1.36. The third-order valence-electron chi connectivity index (χ3n) is 8.01. The molecule has 8 nitrogen and oxygen atoms in total. The highest BCUT2D eigenvalue weighted by molar-refractivity contribution is 5.79. The summed E-state index contributed by atoms with van der Waals surface area (Å²) in [6.07, 6.45) is 11.7. The lowest BCUT2D eigenvalue weighted by Gasteiger charge is -2.41. The van der Waals surface area contributed by atoms with Gasteiger partial charge in [0.25, 0.3) is 0 Å². The number of fused-ring (bicyclic) bond motifs is 1. The molecule has 2 aliphatic rings. The molecule has 3 aromatic heterocycles. The molecule has 4 aromatic rings. The zero-order valence-electron chi connectivity index (χ0n) is 27.6. The van der Waals surface area contributed by atoms with Crippen LogP contribution in [0.15, 0.2) is 67.1 Å². The first-order valence-corrected chi connectivity index (χ1v) is 15.8. The summed E-state index contributed by atoms with van der Waals surface area (Å²) in [5.74, 6) is -0.420. The van der Waals surface area contributed by atoms with E-state index in [0.717, 1.165) is 41.8 Å². The van der Waals surface area contributed by atoms with E-state index in [2.05, 4.69) is 21.0 Å². The lowest BCUT2D eigenvalue weighted by atomic mass is 9.67. The van der Waals surface area contributed by atoms with Crippen LogP contribution in [-0.4, -0.2) is 27.0 Å². The zero-order chi connectivity index (χ0) is 33.4. The molecule has 240 valence electrons. The molecule has 0 N–H and O–H groups in total. The number of rotatable bonds is 6. The van der Waals surface area contributed by atoms with Crippen molar-refractivity contribution in [2.24, 2.45) is 0 Å². The molecule has 10 heteroatoms. The van der Waals surface area contributed by atoms with Gasteiger partial charge in [0, 0.05) is 29.7 Å². The van der Waals surface area contributed by atoms with E-state index in [1.165, 1.54) is 19.5 Å². The first-order chi connectivity index (χ1) is 22.4. The van der Waals surface area contributed by atoms with Crippen molar-refractivity contribution < 1.29 is 13.5 Å². The van der Waals surface area contributed by atoms with Gasteiger partial charge in [0.1, 0.15) is 23.7 Å². The van der Waals surface area contributed by atoms with Gasteiger partial charge in [-0.1, -0.05) is 34.6 Å². The number of anilines is 3. The lowest BCUT2D eigenvalue weighted by Crippen LogP contribution is -2.39. The zero-order valence-corrected chi connectivity index (χ0v) is 27.6. The topological polar surface area (TPSA) is 91.1 Å². The fourth-order valence-corrected chi connectivity index (χ4v) is 5.58. The Labute approximate surface area is 270 Å². The number of ether oxygens (including phenoxy) is 1. The summed E-state index contributed by atoms with van der Waals surface area (Å²) in [6, 6.07) is 11.3. The van der Waals surface area contributed by atoms with Crippen LogP contribution in [0.4, 0.5) is 26.0 Å². The molecule has 4 heterocycles. The molecule has 0 atom stereocenters. The van der Waals surface area contributed by atoms with Crippen LogP contribution in [0.5, 0.6) is 5.75 Å². The summed E-state index contributed by atoms with van der Waals surface area (Å²) in [5.41, 5.74) is 3.32. The van der Waals surface area contributed by atoms with E-state index in [0.29, 0.717) is 23.8 Å². The van der Waals surface area contributed by atoms with Crippen molar-refractivity contribution in [3.63, 3.8) is 0 Å². The highest BCUT2D eigenvalue weighted by Gasteiger charge is 2.40. The normalized spacial score (nSPS) is 15.3. The molecule has 1 aliphatic carbocycles. The molecule has 1 saturated carbocycles. The van der Waals surface area contributed by atoms with Gasteiger partial charge < -0.3 is 9.64 Å². The van der Waals surface area contributed by atoms with Crippen molar-refractivity contribution in [1.29, 1.82) is 5.26 Å². The van der Waals surface area contributed by atoms with Crippen molar-refractivity contribution >= 4 is 17.2 Å². The summed E-state index contributed by atoms with van der Waals surface area (Å²) in [5, 5.41) is 9.72. The molecule has 6 rings (SSSR count). The Morgan fingerprint density at radius 3 is 2.35 bits per heavy atom. The molecule has 0 radical (unpaired) electrons. The van der Waals surface area contributed by atoms with Gasteiger partial charge in [-0.15, -0.1) is 0 Å². The minimum Gasteiger partial charge on any atom is -0.494 e. The van der Waals surface area contributed by atoms with E-state index in [-0.39, 0.29) is 23.5 Å². The van der Waals surface area contributed by atoms with E-state index in [1.54, 1.807) is 36.5 Å². The quantitative estimate of drug-likeness (QED) is 0.210. The van der Waals surface area contributed by atoms with Gasteiger partial charge in [-0.05, 0) is 74.6 Å². The monoisotopic (exact) mass is 625 g/mol. The predicted molar refractivity (Wildman–Crippen MR) is 178 cm³/mol. The Kier molecular flexibility index (Phi) is 11.0. The number of hydrogen-bond donors (Lipinski definition) is 0. The largest absolute Gasteiger partial charge is 0.494 e. The molecule has 0 saturated heterocycles. The van der Waals surface area contributed by atoms with Gasteiger partial charge in [0.05, 0.1) is 42.2 Å². The van der Waals surface area contributed by atoms with Gasteiger partial charge >= 0.3 is 0 Å². The molecular weight excluding hydrogens is 584 g/mol. The third kappa shape index (κ3) is 6.14. The second-order valence-electron chi connectivity index (χ2n) is 10.5. The summed E-state index contributed by atoms with van der Waals surface area (Å²) in [4.78, 5) is 21.4. The number of halogens is 2. The Balaban J connectivity index is 0.00000116. The van der Waals surface area contributed by atoms with Crippen LogP contribution in [0, 0.1) is 29.9 Å². The molecule has 1 fully saturated rings. The molecule has 0 amide bonds. The molecule has 1 aromatic carbocycles. The third-order valence-corrected chi connectivity index (χ3v) is 8.01. The predicted octanol–water partition coefficient (Wildman–Crippen LogP) is 8.94. The highest BCUT2D eigenvalue weighted by atomic mass is 19.1. The number of nitrogens with zero attached hydrogens (tertiary/aromatic N) is 7. The first kappa shape index (κ1) is 34.0. The van der Waals surface area contributed by atoms with E-state index < -0.39 is 17.0 Å². The SMILES string of the molecule is CC.CC.CC/C=C1\N(c2c(F)c(C)cc(OC)c2F)Cc2cnc(-c3ccc(C4(C#N)CCC4)nc3)cc2N1c1ccncn1. The first-order valence-electron chi connectivity index (χ1n) is 15.8. The second-order valence-corrected chi connectivity index (χ2v) is 10.5. The van der Waals surface area contributed by atoms with E-state index >= 15 is 8.78 Å². The van der Waals surface area contributed by atoms with Crippen LogP contribution in [-0.2, 0) is 12.0 Å². The number of nitriles is 1. The molecule has 1 aliphatic heterocycles. The van der Waals surface area contributed by atoms with Crippen molar-refractivity contribution in [2.75, 3.05) is 16.9 Å². The second kappa shape index (κ2) is 14.9. The smallest absolute Gasteiger partial charge is 0.191 e. The average molecular weight is 626 g/mol. The number of benzene rings is 1. The van der Waals surface area contributed by atoms with Crippen LogP contribution in [0.1, 0.15) is 77.1 Å². The summed E-state index contributed by atoms with van der Waals surface area (Å²) in [6.45, 7) is 11.7. The van der Waals surface area contributed by atoms with Crippen LogP contribution < -0.4 is 14.5 Å². The molecule has 0 bridgehead atoms. The fourth-order valence-electron chi connectivity index (χ4n) is 5.58. The van der Waals surface area contributed by atoms with Crippen molar-refractivity contribution in [3.8, 4) is 23.1 Å². The Morgan fingerprint density at radius 1 is 1.02 bits per heavy atom. The van der Waals surface area contributed by atoms with E-state index in [1.807, 2.05) is 63.8 Å². The molecule has 46 heavy (non-hydrogen) atoms. The lowest BCUT2D eigenvalue weighted by molar-refractivity contribution is 0.316. The van der Waals surface area contributed by atoms with Gasteiger partial charge in [-0.3, -0.25) is 14.9 Å².